The van der Waals surface area contributed by atoms with E-state index >= 15 is 0 Å². The Morgan fingerprint density at radius 2 is 1.75 bits per heavy atom. The van der Waals surface area contributed by atoms with Crippen molar-refractivity contribution in [2.45, 2.75) is 19.9 Å². The molecule has 0 bridgehead atoms. The summed E-state index contributed by atoms with van der Waals surface area (Å²) in [6.07, 6.45) is 8.66. The van der Waals surface area contributed by atoms with E-state index in [0.29, 0.717) is 6.04 Å². The molecule has 0 saturated carbocycles. The molecule has 2 aromatic rings. The lowest BCUT2D eigenvalue weighted by atomic mass is 10.0. The number of fused-ring (bicyclic) bond motifs is 1. The monoisotopic (exact) mass is 261 g/mol. The van der Waals surface area contributed by atoms with E-state index < -0.39 is 0 Å². The Balaban J connectivity index is 2.19. The third kappa shape index (κ3) is 2.39. The number of rotatable bonds is 1. The first-order valence-electron chi connectivity index (χ1n) is 7.05. The van der Waals surface area contributed by atoms with Crippen LogP contribution in [0.4, 0.5) is 11.4 Å². The lowest BCUT2D eigenvalue weighted by molar-refractivity contribution is 0.862. The zero-order valence-corrected chi connectivity index (χ0v) is 12.0. The van der Waals surface area contributed by atoms with Crippen molar-refractivity contribution >= 4 is 17.5 Å². The SMILES string of the molecule is Cc1ccc2c(c1)C=C/C=C\C(C)N2c1ccccc1. The van der Waals surface area contributed by atoms with Gasteiger partial charge >= 0.3 is 0 Å². The third-order valence-electron chi connectivity index (χ3n) is 3.66. The molecule has 0 aliphatic carbocycles. The van der Waals surface area contributed by atoms with E-state index in [2.05, 4.69) is 91.6 Å². The quantitative estimate of drug-likeness (QED) is 0.690. The summed E-state index contributed by atoms with van der Waals surface area (Å²) in [6, 6.07) is 17.5. The highest BCUT2D eigenvalue weighted by Crippen LogP contribution is 2.33. The van der Waals surface area contributed by atoms with E-state index in [-0.39, 0.29) is 0 Å². The molecule has 1 heterocycles. The van der Waals surface area contributed by atoms with E-state index in [4.69, 9.17) is 0 Å². The molecule has 1 heteroatoms. The van der Waals surface area contributed by atoms with Crippen molar-refractivity contribution in [1.29, 1.82) is 0 Å². The maximum absolute atomic E-state index is 2.38. The van der Waals surface area contributed by atoms with Crippen LogP contribution in [0.3, 0.4) is 0 Å². The van der Waals surface area contributed by atoms with Crippen LogP contribution in [0.25, 0.3) is 6.08 Å². The van der Waals surface area contributed by atoms with Crippen molar-refractivity contribution in [2.75, 3.05) is 4.90 Å². The number of nitrogens with zero attached hydrogens (tertiary/aromatic N) is 1. The van der Waals surface area contributed by atoms with Crippen LogP contribution in [0.15, 0.2) is 66.8 Å². The van der Waals surface area contributed by atoms with Gasteiger partial charge in [0.15, 0.2) is 0 Å². The zero-order valence-electron chi connectivity index (χ0n) is 12.0. The Hall–Kier alpha value is -2.28. The molecule has 2 aromatic carbocycles. The molecule has 0 saturated heterocycles. The maximum atomic E-state index is 2.38. The largest absolute Gasteiger partial charge is 0.334 e. The first-order valence-corrected chi connectivity index (χ1v) is 7.05. The Labute approximate surface area is 120 Å². The van der Waals surface area contributed by atoms with Crippen LogP contribution in [0.1, 0.15) is 18.1 Å². The number of anilines is 2. The van der Waals surface area contributed by atoms with Crippen molar-refractivity contribution in [1.82, 2.24) is 0 Å². The third-order valence-corrected chi connectivity index (χ3v) is 3.66. The zero-order chi connectivity index (χ0) is 13.9. The summed E-state index contributed by atoms with van der Waals surface area (Å²) in [5.41, 5.74) is 5.05. The van der Waals surface area contributed by atoms with Gasteiger partial charge in [-0.2, -0.15) is 0 Å². The van der Waals surface area contributed by atoms with Gasteiger partial charge in [-0.05, 0) is 43.7 Å². The summed E-state index contributed by atoms with van der Waals surface area (Å²) >= 11 is 0. The van der Waals surface area contributed by atoms with E-state index in [9.17, 15) is 0 Å². The Bertz CT molecular complexity index is 653. The smallest absolute Gasteiger partial charge is 0.0497 e. The predicted molar refractivity (Wildman–Crippen MR) is 87.4 cm³/mol. The fourth-order valence-corrected chi connectivity index (χ4v) is 2.68. The first-order chi connectivity index (χ1) is 9.75. The van der Waals surface area contributed by atoms with Crippen LogP contribution in [-0.2, 0) is 0 Å². The summed E-state index contributed by atoms with van der Waals surface area (Å²) in [7, 11) is 0. The number of hydrogen-bond donors (Lipinski definition) is 0. The highest BCUT2D eigenvalue weighted by Gasteiger charge is 2.17. The lowest BCUT2D eigenvalue weighted by Crippen LogP contribution is -2.27. The number of allylic oxidation sites excluding steroid dienone is 2. The van der Waals surface area contributed by atoms with Crippen LogP contribution in [0, 0.1) is 6.92 Å². The van der Waals surface area contributed by atoms with Crippen molar-refractivity contribution in [2.24, 2.45) is 0 Å². The van der Waals surface area contributed by atoms with Gasteiger partial charge in [0.2, 0.25) is 0 Å². The summed E-state index contributed by atoms with van der Waals surface area (Å²) in [5.74, 6) is 0. The second-order valence-corrected chi connectivity index (χ2v) is 5.25. The molecular weight excluding hydrogens is 242 g/mol. The second kappa shape index (κ2) is 5.38. The molecule has 3 rings (SSSR count). The van der Waals surface area contributed by atoms with Crippen molar-refractivity contribution in [3.63, 3.8) is 0 Å². The number of para-hydroxylation sites is 1. The topological polar surface area (TPSA) is 3.24 Å². The summed E-state index contributed by atoms with van der Waals surface area (Å²) in [6.45, 7) is 4.37. The molecule has 0 spiro atoms. The maximum Gasteiger partial charge on any atom is 0.0497 e. The van der Waals surface area contributed by atoms with Gasteiger partial charge in [0, 0.05) is 17.4 Å². The average Bonchev–Trinajstić information content (AvgIpc) is 2.45. The molecule has 100 valence electrons. The molecule has 0 amide bonds. The normalized spacial score (nSPS) is 19.1. The van der Waals surface area contributed by atoms with E-state index in [0.717, 1.165) is 0 Å². The summed E-state index contributed by atoms with van der Waals surface area (Å²) < 4.78 is 0. The van der Waals surface area contributed by atoms with Gasteiger partial charge in [0.05, 0.1) is 0 Å². The molecule has 1 aliphatic rings. The van der Waals surface area contributed by atoms with Crippen LogP contribution in [0.2, 0.25) is 0 Å². The molecule has 0 N–H and O–H groups in total. The van der Waals surface area contributed by atoms with Crippen molar-refractivity contribution < 1.29 is 0 Å². The summed E-state index contributed by atoms with van der Waals surface area (Å²) in [4.78, 5) is 2.38. The Kier molecular flexibility index (Phi) is 3.42. The molecule has 1 aliphatic heterocycles. The van der Waals surface area contributed by atoms with Crippen molar-refractivity contribution in [3.05, 3.63) is 77.9 Å². The molecule has 0 radical (unpaired) electrons. The van der Waals surface area contributed by atoms with Gasteiger partial charge in [0.1, 0.15) is 0 Å². The molecule has 1 unspecified atom stereocenters. The summed E-state index contributed by atoms with van der Waals surface area (Å²) in [5, 5.41) is 0. The number of hydrogen-bond acceptors (Lipinski definition) is 1. The minimum Gasteiger partial charge on any atom is -0.334 e. The fraction of sp³-hybridized carbons (Fsp3) is 0.158. The molecule has 1 nitrogen and oxygen atoms in total. The molecular formula is C19H19N. The Morgan fingerprint density at radius 3 is 2.55 bits per heavy atom. The van der Waals surface area contributed by atoms with Crippen LogP contribution in [-0.4, -0.2) is 6.04 Å². The van der Waals surface area contributed by atoms with Crippen molar-refractivity contribution in [3.8, 4) is 0 Å². The first kappa shape index (κ1) is 12.7. The van der Waals surface area contributed by atoms with Crippen LogP contribution < -0.4 is 4.90 Å². The Morgan fingerprint density at radius 1 is 0.950 bits per heavy atom. The highest BCUT2D eigenvalue weighted by molar-refractivity contribution is 5.76. The molecule has 20 heavy (non-hydrogen) atoms. The lowest BCUT2D eigenvalue weighted by Gasteiger charge is -2.32. The van der Waals surface area contributed by atoms with Gasteiger partial charge in [-0.1, -0.05) is 54.1 Å². The molecule has 1 atom stereocenters. The highest BCUT2D eigenvalue weighted by atomic mass is 15.2. The minimum atomic E-state index is 0.323. The van der Waals surface area contributed by atoms with Gasteiger partial charge in [0.25, 0.3) is 0 Å². The number of aryl methyl sites for hydroxylation is 1. The van der Waals surface area contributed by atoms with E-state index in [1.54, 1.807) is 0 Å². The second-order valence-electron chi connectivity index (χ2n) is 5.25. The van der Waals surface area contributed by atoms with Gasteiger partial charge in [-0.25, -0.2) is 0 Å². The van der Waals surface area contributed by atoms with Gasteiger partial charge in [-0.3, -0.25) is 0 Å². The van der Waals surface area contributed by atoms with E-state index in [1.807, 2.05) is 0 Å². The van der Waals surface area contributed by atoms with E-state index in [1.165, 1.54) is 22.5 Å². The number of benzene rings is 2. The van der Waals surface area contributed by atoms with Gasteiger partial charge in [-0.15, -0.1) is 0 Å². The predicted octanol–water partition coefficient (Wildman–Crippen LogP) is 5.10. The molecule has 0 fully saturated rings. The van der Waals surface area contributed by atoms with Crippen LogP contribution >= 0.6 is 0 Å². The fourth-order valence-electron chi connectivity index (χ4n) is 2.68. The minimum absolute atomic E-state index is 0.323. The standard InChI is InChI=1S/C19H19N/c1-15-12-13-19-17(14-15)9-7-6-8-16(2)20(19)18-10-4-3-5-11-18/h3-14,16H,1-2H3/b8-6-,9-7?. The average molecular weight is 261 g/mol. The van der Waals surface area contributed by atoms with Gasteiger partial charge < -0.3 is 4.90 Å². The van der Waals surface area contributed by atoms with Crippen LogP contribution in [0.5, 0.6) is 0 Å². The molecule has 0 aromatic heterocycles.